The van der Waals surface area contributed by atoms with Crippen LogP contribution in [0, 0.1) is 0 Å². The molecule has 0 unspecified atom stereocenters. The van der Waals surface area contributed by atoms with Crippen LogP contribution in [0.15, 0.2) is 65.2 Å². The molecule has 41 heavy (non-hydrogen) atoms. The highest BCUT2D eigenvalue weighted by atomic mass is 32.2. The van der Waals surface area contributed by atoms with Crippen molar-refractivity contribution in [2.45, 2.75) is 32.6 Å². The van der Waals surface area contributed by atoms with E-state index in [0.29, 0.717) is 40.6 Å². The summed E-state index contributed by atoms with van der Waals surface area (Å²) < 4.78 is 51.7. The van der Waals surface area contributed by atoms with Crippen molar-refractivity contribution in [1.82, 2.24) is 0 Å². The molecule has 13 heteroatoms. The van der Waals surface area contributed by atoms with Crippen molar-refractivity contribution in [2.24, 2.45) is 0 Å². The number of esters is 1. The summed E-state index contributed by atoms with van der Waals surface area (Å²) in [7, 11) is 2.05. The molecule has 1 aromatic rings. The SMILES string of the molecule is C=C(\C=C(OC)/C(/C=C/S(=O)(=O)CCc1ccc(OC)c(NC(=O)COC(=O)CCC(=O)O)c1)=C(\CC)OC)OC. The maximum atomic E-state index is 12.9. The molecule has 0 saturated heterocycles. The summed E-state index contributed by atoms with van der Waals surface area (Å²) in [6.07, 6.45) is 2.72. The Kier molecular flexibility index (Phi) is 14.8. The van der Waals surface area contributed by atoms with E-state index in [1.165, 1.54) is 40.6 Å². The number of allylic oxidation sites excluding steroid dienone is 3. The van der Waals surface area contributed by atoms with Gasteiger partial charge in [0.2, 0.25) is 0 Å². The molecule has 0 radical (unpaired) electrons. The molecule has 0 saturated carbocycles. The fourth-order valence-corrected chi connectivity index (χ4v) is 4.33. The molecular formula is C28H37NO11S. The highest BCUT2D eigenvalue weighted by molar-refractivity contribution is 7.94. The van der Waals surface area contributed by atoms with E-state index in [9.17, 15) is 22.8 Å². The second kappa shape index (κ2) is 17.4. The number of carboxylic acids is 1. The molecule has 2 N–H and O–H groups in total. The second-order valence-corrected chi connectivity index (χ2v) is 10.3. The van der Waals surface area contributed by atoms with Crippen molar-refractivity contribution in [3.63, 3.8) is 0 Å². The van der Waals surface area contributed by atoms with Gasteiger partial charge in [-0.1, -0.05) is 19.6 Å². The predicted molar refractivity (Wildman–Crippen MR) is 152 cm³/mol. The van der Waals surface area contributed by atoms with E-state index in [0.717, 1.165) is 5.41 Å². The number of aryl methyl sites for hydroxylation is 1. The number of carbonyl (C=O) groups is 3. The number of hydrogen-bond donors (Lipinski definition) is 2. The van der Waals surface area contributed by atoms with E-state index >= 15 is 0 Å². The fraction of sp³-hybridized carbons (Fsp3) is 0.393. The Morgan fingerprint density at radius 3 is 2.32 bits per heavy atom. The van der Waals surface area contributed by atoms with Crippen LogP contribution in [0.3, 0.4) is 0 Å². The van der Waals surface area contributed by atoms with E-state index in [1.807, 2.05) is 6.92 Å². The molecule has 0 fully saturated rings. The Labute approximate surface area is 240 Å². The van der Waals surface area contributed by atoms with Crippen molar-refractivity contribution < 1.29 is 51.6 Å². The second-order valence-electron chi connectivity index (χ2n) is 8.33. The van der Waals surface area contributed by atoms with Gasteiger partial charge in [0.15, 0.2) is 16.4 Å². The standard InChI is InChI=1S/C28H37NO11S/c1-7-23(37-4)21(25(39-6)16-19(2)36-3)13-15-41(34,35)14-12-20-8-9-24(38-5)22(17-20)29-26(30)18-40-28(33)11-10-27(31)32/h8-9,13,15-17H,2,7,10-12,14,18H2,1,3-6H3,(H,29,30)(H,31,32)/b15-13+,23-21+,25-16+. The summed E-state index contributed by atoms with van der Waals surface area (Å²) in [5.74, 6) is -1.49. The maximum Gasteiger partial charge on any atom is 0.306 e. The zero-order chi connectivity index (χ0) is 31.0. The number of nitrogens with one attached hydrogen (secondary N) is 1. The van der Waals surface area contributed by atoms with Crippen molar-refractivity contribution in [1.29, 1.82) is 0 Å². The topological polar surface area (TPSA) is 164 Å². The third-order valence-corrected chi connectivity index (χ3v) is 6.79. The zero-order valence-corrected chi connectivity index (χ0v) is 24.7. The number of methoxy groups -OCH3 is 4. The monoisotopic (exact) mass is 595 g/mol. The molecule has 1 rings (SSSR count). The average Bonchev–Trinajstić information content (AvgIpc) is 2.95. The first-order valence-electron chi connectivity index (χ1n) is 12.4. The number of ether oxygens (including phenoxy) is 5. The van der Waals surface area contributed by atoms with Gasteiger partial charge in [0, 0.05) is 17.9 Å². The van der Waals surface area contributed by atoms with Crippen LogP contribution in [0.2, 0.25) is 0 Å². The Hall–Kier alpha value is -4.26. The number of hydrogen-bond acceptors (Lipinski definition) is 10. The first-order valence-corrected chi connectivity index (χ1v) is 14.1. The van der Waals surface area contributed by atoms with Crippen LogP contribution in [0.5, 0.6) is 5.75 Å². The van der Waals surface area contributed by atoms with Gasteiger partial charge in [-0.3, -0.25) is 14.4 Å². The van der Waals surface area contributed by atoms with Crippen LogP contribution in [0.25, 0.3) is 0 Å². The molecule has 0 spiro atoms. The highest BCUT2D eigenvalue weighted by Gasteiger charge is 2.16. The van der Waals surface area contributed by atoms with Gasteiger partial charge in [0.05, 0.1) is 58.3 Å². The highest BCUT2D eigenvalue weighted by Crippen LogP contribution is 2.26. The molecule has 0 aliphatic carbocycles. The Morgan fingerprint density at radius 1 is 1.05 bits per heavy atom. The van der Waals surface area contributed by atoms with Crippen molar-refractivity contribution in [2.75, 3.05) is 46.1 Å². The van der Waals surface area contributed by atoms with E-state index in [1.54, 1.807) is 18.2 Å². The number of benzene rings is 1. The molecule has 0 aliphatic rings. The summed E-state index contributed by atoms with van der Waals surface area (Å²) >= 11 is 0. The molecule has 0 atom stereocenters. The molecule has 0 aliphatic heterocycles. The van der Waals surface area contributed by atoms with Gasteiger partial charge in [0.1, 0.15) is 23.0 Å². The van der Waals surface area contributed by atoms with E-state index in [4.69, 9.17) is 28.8 Å². The average molecular weight is 596 g/mol. The molecule has 0 aromatic heterocycles. The Balaban J connectivity index is 3.03. The first kappa shape index (κ1) is 34.8. The van der Waals surface area contributed by atoms with Crippen LogP contribution in [0.4, 0.5) is 5.69 Å². The lowest BCUT2D eigenvalue weighted by atomic mass is 10.1. The van der Waals surface area contributed by atoms with Gasteiger partial charge in [-0.2, -0.15) is 0 Å². The third kappa shape index (κ3) is 12.6. The molecular weight excluding hydrogens is 558 g/mol. The summed E-state index contributed by atoms with van der Waals surface area (Å²) in [4.78, 5) is 34.4. The van der Waals surface area contributed by atoms with Gasteiger partial charge in [-0.15, -0.1) is 0 Å². The maximum absolute atomic E-state index is 12.9. The third-order valence-electron chi connectivity index (χ3n) is 5.47. The van der Waals surface area contributed by atoms with Crippen LogP contribution in [-0.4, -0.2) is 72.2 Å². The lowest BCUT2D eigenvalue weighted by Crippen LogP contribution is -2.21. The van der Waals surface area contributed by atoms with Crippen LogP contribution in [0.1, 0.15) is 31.7 Å². The van der Waals surface area contributed by atoms with Gasteiger partial charge in [0.25, 0.3) is 5.91 Å². The van der Waals surface area contributed by atoms with E-state index < -0.39 is 40.7 Å². The smallest absolute Gasteiger partial charge is 0.306 e. The van der Waals surface area contributed by atoms with Gasteiger partial charge in [-0.25, -0.2) is 8.42 Å². The zero-order valence-electron chi connectivity index (χ0n) is 23.9. The number of rotatable bonds is 18. The normalized spacial score (nSPS) is 12.3. The summed E-state index contributed by atoms with van der Waals surface area (Å²) in [6, 6.07) is 4.78. The molecule has 0 bridgehead atoms. The van der Waals surface area contributed by atoms with Crippen molar-refractivity contribution >= 4 is 33.4 Å². The largest absolute Gasteiger partial charge is 0.500 e. The Morgan fingerprint density at radius 2 is 1.76 bits per heavy atom. The van der Waals surface area contributed by atoms with Crippen LogP contribution in [-0.2, 0) is 49.6 Å². The van der Waals surface area contributed by atoms with Crippen LogP contribution >= 0.6 is 0 Å². The van der Waals surface area contributed by atoms with E-state index in [2.05, 4.69) is 11.9 Å². The number of sulfone groups is 1. The number of aliphatic carboxylic acids is 1. The minimum Gasteiger partial charge on any atom is -0.500 e. The van der Waals surface area contributed by atoms with Gasteiger partial charge < -0.3 is 34.1 Å². The molecule has 12 nitrogen and oxygen atoms in total. The van der Waals surface area contributed by atoms with Gasteiger partial charge in [-0.05, 0) is 30.2 Å². The molecule has 226 valence electrons. The molecule has 1 amide bonds. The predicted octanol–water partition coefficient (Wildman–Crippen LogP) is 3.51. The molecule has 0 heterocycles. The lowest BCUT2D eigenvalue weighted by Gasteiger charge is -2.14. The van der Waals surface area contributed by atoms with Crippen molar-refractivity contribution in [3.05, 3.63) is 70.8 Å². The minimum atomic E-state index is -3.71. The minimum absolute atomic E-state index is 0.112. The van der Waals surface area contributed by atoms with E-state index in [-0.39, 0.29) is 24.3 Å². The lowest BCUT2D eigenvalue weighted by molar-refractivity contribution is -0.149. The number of carbonyl (C=O) groups excluding carboxylic acids is 2. The summed E-state index contributed by atoms with van der Waals surface area (Å²) in [5, 5.41) is 12.2. The molecule has 1 aromatic carbocycles. The van der Waals surface area contributed by atoms with Crippen LogP contribution < -0.4 is 10.1 Å². The Bertz CT molecular complexity index is 1290. The fourth-order valence-electron chi connectivity index (χ4n) is 3.33. The van der Waals surface area contributed by atoms with Crippen molar-refractivity contribution in [3.8, 4) is 5.75 Å². The summed E-state index contributed by atoms with van der Waals surface area (Å²) in [6.45, 7) is 4.96. The number of amides is 1. The van der Waals surface area contributed by atoms with Gasteiger partial charge >= 0.3 is 11.9 Å². The number of carboxylic acid groups (broad SMARTS) is 1. The number of anilines is 1. The first-order chi connectivity index (χ1) is 19.4. The quantitative estimate of drug-likeness (QED) is 0.145. The summed E-state index contributed by atoms with van der Waals surface area (Å²) in [5.41, 5.74) is 1.25.